The number of aromatic nitrogens is 2. The highest BCUT2D eigenvalue weighted by molar-refractivity contribution is 7.99. The number of benzene rings is 1. The minimum Gasteiger partial charge on any atom is -0.340 e. The molecule has 0 saturated carbocycles. The van der Waals surface area contributed by atoms with Crippen LogP contribution in [0.1, 0.15) is 16.0 Å². The van der Waals surface area contributed by atoms with Crippen LogP contribution < -0.4 is 0 Å². The normalized spacial score (nSPS) is 10.8. The maximum atomic E-state index is 12.4. The Hall–Kier alpha value is -2.05. The molecular weight excluding hydrogens is 350 g/mol. The van der Waals surface area contributed by atoms with Gasteiger partial charge in [0.05, 0.1) is 12.3 Å². The summed E-state index contributed by atoms with van der Waals surface area (Å²) in [4.78, 5) is 19.8. The number of thioether (sulfide) groups is 1. The molecule has 0 spiro atoms. The molecule has 2 aromatic heterocycles. The summed E-state index contributed by atoms with van der Waals surface area (Å²) in [5, 5.41) is 2.87. The maximum absolute atomic E-state index is 12.4. The summed E-state index contributed by atoms with van der Waals surface area (Å²) in [7, 11) is 1.85. The first-order chi connectivity index (χ1) is 12.0. The van der Waals surface area contributed by atoms with Crippen LogP contribution in [0.4, 0.5) is 0 Å². The van der Waals surface area contributed by atoms with E-state index in [0.717, 1.165) is 10.8 Å². The van der Waals surface area contributed by atoms with Gasteiger partial charge >= 0.3 is 0 Å². The number of hydrogen-bond acceptors (Lipinski definition) is 4. The summed E-state index contributed by atoms with van der Waals surface area (Å²) >= 11 is 3.14. The molecule has 0 atom stereocenters. The molecule has 1 aromatic carbocycles. The van der Waals surface area contributed by atoms with Gasteiger partial charge in [-0.25, -0.2) is 4.98 Å². The van der Waals surface area contributed by atoms with E-state index in [4.69, 9.17) is 0 Å². The maximum Gasteiger partial charge on any atom is 0.233 e. The SMILES string of the molecule is Cc1cc(C)cc(-n2ccnc2SCC(=O)N(C)Cc2cccs2)c1. The first kappa shape index (κ1) is 17.8. The Labute approximate surface area is 156 Å². The summed E-state index contributed by atoms with van der Waals surface area (Å²) in [5.74, 6) is 0.484. The first-order valence-electron chi connectivity index (χ1n) is 8.04. The van der Waals surface area contributed by atoms with E-state index in [1.54, 1.807) is 22.4 Å². The van der Waals surface area contributed by atoms with Crippen molar-refractivity contribution in [2.24, 2.45) is 0 Å². The monoisotopic (exact) mass is 371 g/mol. The molecule has 0 aliphatic heterocycles. The number of carbonyl (C=O) groups excluding carboxylic acids is 1. The Kier molecular flexibility index (Phi) is 5.60. The van der Waals surface area contributed by atoms with Crippen LogP contribution in [0.5, 0.6) is 0 Å². The number of rotatable bonds is 6. The van der Waals surface area contributed by atoms with E-state index in [1.807, 2.05) is 35.3 Å². The lowest BCUT2D eigenvalue weighted by molar-refractivity contribution is -0.127. The zero-order valence-corrected chi connectivity index (χ0v) is 16.2. The fourth-order valence-electron chi connectivity index (χ4n) is 2.64. The van der Waals surface area contributed by atoms with Crippen molar-refractivity contribution >= 4 is 29.0 Å². The van der Waals surface area contributed by atoms with Crippen molar-refractivity contribution in [3.63, 3.8) is 0 Å². The molecule has 0 aliphatic rings. The first-order valence-corrected chi connectivity index (χ1v) is 9.90. The highest BCUT2D eigenvalue weighted by Crippen LogP contribution is 2.22. The number of thiophene rings is 1. The van der Waals surface area contributed by atoms with E-state index >= 15 is 0 Å². The average molecular weight is 372 g/mol. The average Bonchev–Trinajstić information content (AvgIpc) is 3.22. The van der Waals surface area contributed by atoms with Crippen molar-refractivity contribution in [2.45, 2.75) is 25.5 Å². The number of amides is 1. The molecule has 0 fully saturated rings. The Morgan fingerprint density at radius 1 is 1.28 bits per heavy atom. The van der Waals surface area contributed by atoms with E-state index in [-0.39, 0.29) is 5.91 Å². The van der Waals surface area contributed by atoms with Crippen molar-refractivity contribution in [3.8, 4) is 5.69 Å². The second kappa shape index (κ2) is 7.89. The molecule has 0 bridgehead atoms. The van der Waals surface area contributed by atoms with Gasteiger partial charge in [0.25, 0.3) is 0 Å². The van der Waals surface area contributed by atoms with Gasteiger partial charge < -0.3 is 4.90 Å². The molecular formula is C19H21N3OS2. The fourth-order valence-corrected chi connectivity index (χ4v) is 4.31. The number of aryl methyl sites for hydroxylation is 2. The molecule has 2 heterocycles. The van der Waals surface area contributed by atoms with Crippen LogP contribution >= 0.6 is 23.1 Å². The van der Waals surface area contributed by atoms with Gasteiger partial charge in [0.1, 0.15) is 0 Å². The third-order valence-corrected chi connectivity index (χ3v) is 5.63. The molecule has 130 valence electrons. The van der Waals surface area contributed by atoms with Gasteiger partial charge in [-0.15, -0.1) is 11.3 Å². The third-order valence-electron chi connectivity index (χ3n) is 3.82. The minimum absolute atomic E-state index is 0.105. The molecule has 0 N–H and O–H groups in total. The van der Waals surface area contributed by atoms with Crippen molar-refractivity contribution in [1.29, 1.82) is 0 Å². The number of nitrogens with zero attached hydrogens (tertiary/aromatic N) is 3. The van der Waals surface area contributed by atoms with E-state index in [1.165, 1.54) is 27.8 Å². The van der Waals surface area contributed by atoms with Crippen molar-refractivity contribution in [3.05, 3.63) is 64.1 Å². The third kappa shape index (κ3) is 4.52. The van der Waals surface area contributed by atoms with E-state index in [9.17, 15) is 4.79 Å². The molecule has 0 unspecified atom stereocenters. The zero-order valence-electron chi connectivity index (χ0n) is 14.6. The number of hydrogen-bond donors (Lipinski definition) is 0. The van der Waals surface area contributed by atoms with Crippen LogP contribution in [0.2, 0.25) is 0 Å². The van der Waals surface area contributed by atoms with Gasteiger partial charge in [0.15, 0.2) is 5.16 Å². The van der Waals surface area contributed by atoms with Crippen LogP contribution in [0.3, 0.4) is 0 Å². The summed E-state index contributed by atoms with van der Waals surface area (Å²) in [6, 6.07) is 10.5. The van der Waals surface area contributed by atoms with E-state index in [0.29, 0.717) is 12.3 Å². The topological polar surface area (TPSA) is 38.1 Å². The fraction of sp³-hybridized carbons (Fsp3) is 0.263. The van der Waals surface area contributed by atoms with Crippen LogP contribution in [0, 0.1) is 13.8 Å². The summed E-state index contributed by atoms with van der Waals surface area (Å²) in [6.07, 6.45) is 3.72. The Morgan fingerprint density at radius 2 is 2.04 bits per heavy atom. The predicted molar refractivity (Wildman–Crippen MR) is 105 cm³/mol. The van der Waals surface area contributed by atoms with Gasteiger partial charge in [-0.2, -0.15) is 0 Å². The standard InChI is InChI=1S/C19H21N3OS2/c1-14-9-15(2)11-16(10-14)22-7-6-20-19(22)25-13-18(23)21(3)12-17-5-4-8-24-17/h4-11H,12-13H2,1-3H3. The molecule has 4 nitrogen and oxygen atoms in total. The van der Waals surface area contributed by atoms with Crippen LogP contribution in [-0.2, 0) is 11.3 Å². The Morgan fingerprint density at radius 3 is 2.72 bits per heavy atom. The molecule has 0 saturated heterocycles. The molecule has 6 heteroatoms. The van der Waals surface area contributed by atoms with Crippen LogP contribution in [-0.4, -0.2) is 33.2 Å². The minimum atomic E-state index is 0.105. The molecule has 0 aliphatic carbocycles. The lowest BCUT2D eigenvalue weighted by atomic mass is 10.1. The van der Waals surface area contributed by atoms with E-state index < -0.39 is 0 Å². The lowest BCUT2D eigenvalue weighted by Crippen LogP contribution is -2.27. The second-order valence-electron chi connectivity index (χ2n) is 6.04. The molecule has 3 aromatic rings. The highest BCUT2D eigenvalue weighted by atomic mass is 32.2. The van der Waals surface area contributed by atoms with Gasteiger partial charge in [-0.3, -0.25) is 9.36 Å². The molecule has 0 radical (unpaired) electrons. The Bertz CT molecular complexity index is 835. The van der Waals surface area contributed by atoms with Crippen molar-refractivity contribution in [2.75, 3.05) is 12.8 Å². The highest BCUT2D eigenvalue weighted by Gasteiger charge is 2.13. The lowest BCUT2D eigenvalue weighted by Gasteiger charge is -2.16. The van der Waals surface area contributed by atoms with Crippen molar-refractivity contribution in [1.82, 2.24) is 14.5 Å². The number of carbonyl (C=O) groups is 1. The predicted octanol–water partition coefficient (Wildman–Crippen LogP) is 4.30. The van der Waals surface area contributed by atoms with E-state index in [2.05, 4.69) is 37.0 Å². The van der Waals surface area contributed by atoms with Gasteiger partial charge in [-0.1, -0.05) is 23.9 Å². The van der Waals surface area contributed by atoms with Crippen LogP contribution in [0.25, 0.3) is 5.69 Å². The van der Waals surface area contributed by atoms with Gasteiger partial charge in [-0.05, 0) is 48.6 Å². The zero-order chi connectivity index (χ0) is 17.8. The van der Waals surface area contributed by atoms with Gasteiger partial charge in [0.2, 0.25) is 5.91 Å². The summed E-state index contributed by atoms with van der Waals surface area (Å²) in [6.45, 7) is 4.83. The Balaban J connectivity index is 1.66. The van der Waals surface area contributed by atoms with Crippen molar-refractivity contribution < 1.29 is 4.79 Å². The summed E-state index contributed by atoms with van der Waals surface area (Å²) in [5.41, 5.74) is 3.51. The van der Waals surface area contributed by atoms with Crippen LogP contribution in [0.15, 0.2) is 53.3 Å². The second-order valence-corrected chi connectivity index (χ2v) is 8.02. The number of imidazole rings is 1. The largest absolute Gasteiger partial charge is 0.340 e. The smallest absolute Gasteiger partial charge is 0.233 e. The molecule has 1 amide bonds. The quantitative estimate of drug-likeness (QED) is 0.606. The molecule has 25 heavy (non-hydrogen) atoms. The summed E-state index contributed by atoms with van der Waals surface area (Å²) < 4.78 is 2.04. The molecule has 3 rings (SSSR count). The van der Waals surface area contributed by atoms with Gasteiger partial charge in [0, 0.05) is 30.0 Å².